The van der Waals surface area contributed by atoms with Crippen molar-refractivity contribution in [2.75, 3.05) is 45.8 Å². The highest BCUT2D eigenvalue weighted by Gasteiger charge is 2.39. The van der Waals surface area contributed by atoms with Crippen LogP contribution in [0.2, 0.25) is 0 Å². The van der Waals surface area contributed by atoms with Crippen LogP contribution in [-0.2, 0) is 49.6 Å². The van der Waals surface area contributed by atoms with E-state index in [1.807, 2.05) is 0 Å². The van der Waals surface area contributed by atoms with E-state index in [1.165, 1.54) is 11.8 Å². The Kier molecular flexibility index (Phi) is 21.7. The maximum absolute atomic E-state index is 14.1. The molecule has 2 aliphatic rings. The molecule has 0 aliphatic carbocycles. The second kappa shape index (κ2) is 26.9. The summed E-state index contributed by atoms with van der Waals surface area (Å²) in [4.78, 5) is 121. The monoisotopic (exact) mass is 885 g/mol. The molecule has 348 valence electrons. The van der Waals surface area contributed by atoms with Crippen molar-refractivity contribution >= 4 is 59.2 Å². The van der Waals surface area contributed by atoms with Crippen molar-refractivity contribution in [3.63, 3.8) is 0 Å². The predicted octanol–water partition coefficient (Wildman–Crippen LogP) is -4.45. The molecular weight excluding hydrogens is 823 g/mol. The Morgan fingerprint density at radius 2 is 1.41 bits per heavy atom. The number of unbranched alkanes of at least 4 members (excludes halogenated alkanes) is 1. The SMILES string of the molecule is C[C@H](NC(=O)[C@@H]1CCCN1C(=O)[C@H](Cc1ccccc1)NC(=O)CNC(=O)[C@H](CCCN=C(N)N)NC(=O)[C@@H]1CCCN1)C(=O)NCC(=O)NCC(=O)N[C@@H](CCCCN)C(=O)O. The number of carboxylic acid groups (broad SMARTS) is 1. The smallest absolute Gasteiger partial charge is 0.326 e. The standard InChI is InChI=1S/C40H63N13O10/c1-24(34(57)47-21-31(54)46-22-32(55)50-28(39(62)63)12-5-6-16-41)49-37(60)30-15-9-19-53(30)38(61)29(20-25-10-3-2-4-11-25)51-33(56)23-48-35(58)27(14-8-18-45-40(42)43)52-36(59)26-13-7-17-44-26/h2-4,10-11,24,26-30,44H,5-9,12-23,41H2,1H3,(H,46,54)(H,47,57)(H,48,58)(H,49,60)(H,50,55)(H,51,56)(H,52,59)(H,62,63)(H4,42,43,45)/t24-,26-,27-,28-,29-,30-/m0/s1. The van der Waals surface area contributed by atoms with Crippen molar-refractivity contribution in [2.24, 2.45) is 22.2 Å². The first kappa shape index (κ1) is 51.0. The molecule has 2 aliphatic heterocycles. The number of amides is 8. The number of nitrogens with two attached hydrogens (primary N) is 3. The van der Waals surface area contributed by atoms with Gasteiger partial charge < -0.3 is 69.7 Å². The van der Waals surface area contributed by atoms with Crippen LogP contribution in [0.15, 0.2) is 35.3 Å². The minimum absolute atomic E-state index is 0.0551. The first-order valence-corrected chi connectivity index (χ1v) is 21.2. The quantitative estimate of drug-likeness (QED) is 0.0237. The van der Waals surface area contributed by atoms with E-state index in [9.17, 15) is 48.3 Å². The Balaban J connectivity index is 1.57. The first-order chi connectivity index (χ1) is 30.1. The van der Waals surface area contributed by atoms with Crippen LogP contribution < -0.4 is 59.7 Å². The number of nitrogens with one attached hydrogen (secondary N) is 8. The number of carbonyl (C=O) groups excluding carboxylic acids is 8. The number of benzene rings is 1. The number of likely N-dealkylation sites (tertiary alicyclic amines) is 1. The molecule has 0 unspecified atom stereocenters. The van der Waals surface area contributed by atoms with Gasteiger partial charge in [-0.15, -0.1) is 0 Å². The molecule has 63 heavy (non-hydrogen) atoms. The van der Waals surface area contributed by atoms with Crippen LogP contribution in [0.25, 0.3) is 0 Å². The van der Waals surface area contributed by atoms with Gasteiger partial charge in [-0.3, -0.25) is 43.3 Å². The zero-order valence-electron chi connectivity index (χ0n) is 35.6. The lowest BCUT2D eigenvalue weighted by Crippen LogP contribution is -2.57. The summed E-state index contributed by atoms with van der Waals surface area (Å²) in [6.07, 6.45) is 3.97. The molecule has 0 bridgehead atoms. The number of nitrogens with zero attached hydrogens (tertiary/aromatic N) is 2. The molecule has 6 atom stereocenters. The molecule has 2 fully saturated rings. The van der Waals surface area contributed by atoms with Crippen molar-refractivity contribution in [3.05, 3.63) is 35.9 Å². The fourth-order valence-corrected chi connectivity index (χ4v) is 6.97. The third kappa shape index (κ3) is 18.3. The third-order valence-electron chi connectivity index (χ3n) is 10.3. The maximum Gasteiger partial charge on any atom is 0.326 e. The van der Waals surface area contributed by atoms with E-state index < -0.39 is 103 Å². The first-order valence-electron chi connectivity index (χ1n) is 21.2. The topological polar surface area (TPSA) is 364 Å². The van der Waals surface area contributed by atoms with Crippen molar-refractivity contribution in [1.82, 2.24) is 47.4 Å². The second-order valence-electron chi connectivity index (χ2n) is 15.3. The molecule has 23 nitrogen and oxygen atoms in total. The zero-order valence-corrected chi connectivity index (χ0v) is 35.6. The summed E-state index contributed by atoms with van der Waals surface area (Å²) >= 11 is 0. The summed E-state index contributed by atoms with van der Waals surface area (Å²) in [5, 5.41) is 29.9. The molecule has 23 heteroatoms. The predicted molar refractivity (Wildman–Crippen MR) is 229 cm³/mol. The summed E-state index contributed by atoms with van der Waals surface area (Å²) in [6.45, 7) is 1.22. The molecule has 2 saturated heterocycles. The number of aliphatic imine (C=N–C) groups is 1. The zero-order chi connectivity index (χ0) is 46.3. The average Bonchev–Trinajstić information content (AvgIpc) is 3.98. The normalized spacial score (nSPS) is 17.5. The Bertz CT molecular complexity index is 1770. The van der Waals surface area contributed by atoms with Crippen LogP contribution in [0.1, 0.15) is 70.3 Å². The molecule has 0 radical (unpaired) electrons. The van der Waals surface area contributed by atoms with Gasteiger partial charge in [-0.25, -0.2) is 4.79 Å². The average molecular weight is 886 g/mol. The van der Waals surface area contributed by atoms with E-state index in [2.05, 4.69) is 47.5 Å². The van der Waals surface area contributed by atoms with Crippen LogP contribution >= 0.6 is 0 Å². The minimum Gasteiger partial charge on any atom is -0.480 e. The van der Waals surface area contributed by atoms with Crippen molar-refractivity contribution < 1.29 is 48.3 Å². The van der Waals surface area contributed by atoms with E-state index in [0.29, 0.717) is 50.8 Å². The lowest BCUT2D eigenvalue weighted by Gasteiger charge is -2.29. The van der Waals surface area contributed by atoms with Crippen molar-refractivity contribution in [2.45, 2.75) is 107 Å². The van der Waals surface area contributed by atoms with E-state index in [1.54, 1.807) is 30.3 Å². The molecule has 2 heterocycles. The van der Waals surface area contributed by atoms with Crippen molar-refractivity contribution in [1.29, 1.82) is 0 Å². The van der Waals surface area contributed by atoms with Gasteiger partial charge in [0.05, 0.1) is 25.7 Å². The van der Waals surface area contributed by atoms with Crippen molar-refractivity contribution in [3.8, 4) is 0 Å². The molecule has 1 aromatic rings. The fourth-order valence-electron chi connectivity index (χ4n) is 6.97. The van der Waals surface area contributed by atoms with Crippen LogP contribution in [-0.4, -0.2) is 151 Å². The van der Waals surface area contributed by atoms with Gasteiger partial charge in [-0.2, -0.15) is 0 Å². The highest BCUT2D eigenvalue weighted by Crippen LogP contribution is 2.20. The van der Waals surface area contributed by atoms with E-state index in [4.69, 9.17) is 17.2 Å². The molecule has 8 amide bonds. The van der Waals surface area contributed by atoms with E-state index in [0.717, 1.165) is 6.42 Å². The van der Waals surface area contributed by atoms with Crippen LogP contribution in [0.3, 0.4) is 0 Å². The second-order valence-corrected chi connectivity index (χ2v) is 15.3. The van der Waals surface area contributed by atoms with Gasteiger partial charge in [0.2, 0.25) is 47.3 Å². The number of guanidine groups is 1. The van der Waals surface area contributed by atoms with Gasteiger partial charge in [0.1, 0.15) is 30.2 Å². The Morgan fingerprint density at radius 1 is 0.762 bits per heavy atom. The third-order valence-corrected chi connectivity index (χ3v) is 10.3. The molecule has 1 aromatic carbocycles. The minimum atomic E-state index is -1.23. The summed E-state index contributed by atoms with van der Waals surface area (Å²) in [6, 6.07) is 2.99. The van der Waals surface area contributed by atoms with E-state index in [-0.39, 0.29) is 50.6 Å². The molecular formula is C40H63N13O10. The summed E-state index contributed by atoms with van der Waals surface area (Å²) in [5.74, 6) is -6.41. The number of carboxylic acids is 1. The van der Waals surface area contributed by atoms with Gasteiger partial charge in [0.15, 0.2) is 5.96 Å². The number of hydrogen-bond donors (Lipinski definition) is 12. The lowest BCUT2D eigenvalue weighted by atomic mass is 10.0. The number of carbonyl (C=O) groups is 9. The van der Waals surface area contributed by atoms with Crippen LogP contribution in [0.5, 0.6) is 0 Å². The molecule has 15 N–H and O–H groups in total. The lowest BCUT2D eigenvalue weighted by molar-refractivity contribution is -0.142. The van der Waals surface area contributed by atoms with Gasteiger partial charge in [0.25, 0.3) is 0 Å². The number of aliphatic carboxylic acids is 1. The molecule has 3 rings (SSSR count). The van der Waals surface area contributed by atoms with Gasteiger partial charge >= 0.3 is 5.97 Å². The molecule has 0 saturated carbocycles. The Hall–Kier alpha value is -6.36. The highest BCUT2D eigenvalue weighted by molar-refractivity contribution is 5.97. The van der Waals surface area contributed by atoms with Crippen LogP contribution in [0, 0.1) is 0 Å². The number of rotatable bonds is 26. The van der Waals surface area contributed by atoms with Gasteiger partial charge in [-0.05, 0) is 83.4 Å². The van der Waals surface area contributed by atoms with Gasteiger partial charge in [-0.1, -0.05) is 30.3 Å². The Morgan fingerprint density at radius 3 is 2.06 bits per heavy atom. The summed E-state index contributed by atoms with van der Waals surface area (Å²) in [7, 11) is 0. The highest BCUT2D eigenvalue weighted by atomic mass is 16.4. The number of hydrogen-bond acceptors (Lipinski definition) is 12. The maximum atomic E-state index is 14.1. The fraction of sp³-hybridized carbons (Fsp3) is 0.600. The largest absolute Gasteiger partial charge is 0.480 e. The summed E-state index contributed by atoms with van der Waals surface area (Å²) in [5.41, 5.74) is 16.9. The molecule has 0 aromatic heterocycles. The molecule has 0 spiro atoms. The van der Waals surface area contributed by atoms with Gasteiger partial charge in [0, 0.05) is 19.5 Å². The Labute approximate surface area is 365 Å². The summed E-state index contributed by atoms with van der Waals surface area (Å²) < 4.78 is 0. The van der Waals surface area contributed by atoms with Crippen LogP contribution in [0.4, 0.5) is 0 Å². The van der Waals surface area contributed by atoms with E-state index >= 15 is 0 Å².